The van der Waals surface area contributed by atoms with E-state index in [4.69, 9.17) is 4.42 Å². The van der Waals surface area contributed by atoms with Gasteiger partial charge in [0, 0.05) is 49.2 Å². The van der Waals surface area contributed by atoms with Crippen LogP contribution < -0.4 is 15.8 Å². The molecule has 4 heterocycles. The number of rotatable bonds is 2. The number of aromatic nitrogens is 2. The van der Waals surface area contributed by atoms with Gasteiger partial charge in [-0.15, -0.1) is 0 Å². The Morgan fingerprint density at radius 2 is 2.13 bits per heavy atom. The van der Waals surface area contributed by atoms with Crippen LogP contribution in [0.2, 0.25) is 0 Å². The molecule has 2 aliphatic heterocycles. The van der Waals surface area contributed by atoms with Gasteiger partial charge in [0.2, 0.25) is 0 Å². The molecule has 0 amide bonds. The van der Waals surface area contributed by atoms with E-state index in [2.05, 4.69) is 40.3 Å². The van der Waals surface area contributed by atoms with E-state index >= 15 is 0 Å². The average Bonchev–Trinajstić information content (AvgIpc) is 2.94. The topological polar surface area (TPSA) is 63.3 Å². The van der Waals surface area contributed by atoms with Gasteiger partial charge in [0.1, 0.15) is 11.4 Å². The van der Waals surface area contributed by atoms with E-state index in [0.29, 0.717) is 22.8 Å². The molecule has 1 fully saturated rings. The van der Waals surface area contributed by atoms with Crippen molar-refractivity contribution in [3.63, 3.8) is 0 Å². The highest BCUT2D eigenvalue weighted by molar-refractivity contribution is 5.84. The van der Waals surface area contributed by atoms with Crippen molar-refractivity contribution in [2.45, 2.75) is 19.8 Å². The fourth-order valence-electron chi connectivity index (χ4n) is 4.07. The quantitative estimate of drug-likeness (QED) is 0.657. The lowest BCUT2D eigenvalue weighted by Crippen LogP contribution is -2.27. The fraction of sp³-hybridized carbons (Fsp3) is 0.333. The maximum Gasteiger partial charge on any atom is 0.345 e. The van der Waals surface area contributed by atoms with Gasteiger partial charge in [-0.05, 0) is 49.6 Å². The normalized spacial score (nSPS) is 19.4. The van der Waals surface area contributed by atoms with Crippen LogP contribution in [0.25, 0.3) is 34.5 Å². The van der Waals surface area contributed by atoms with E-state index < -0.39 is 0 Å². The van der Waals surface area contributed by atoms with Crippen molar-refractivity contribution < 1.29 is 4.42 Å². The summed E-state index contributed by atoms with van der Waals surface area (Å²) in [5.74, 6) is 1.29. The molecule has 1 atom stereocenters. The number of allylic oxidation sites excluding steroid dienone is 2. The lowest BCUT2D eigenvalue weighted by atomic mass is 10.1. The minimum Gasteiger partial charge on any atom is -0.422 e. The van der Waals surface area contributed by atoms with Crippen molar-refractivity contribution in [2.75, 3.05) is 31.1 Å². The minimum absolute atomic E-state index is 0.357. The summed E-state index contributed by atoms with van der Waals surface area (Å²) in [5.41, 5.74) is 2.47. The molecule has 5 rings (SSSR count). The van der Waals surface area contributed by atoms with E-state index in [-0.39, 0.29) is 5.63 Å². The van der Waals surface area contributed by atoms with Crippen molar-refractivity contribution in [3.8, 4) is 11.3 Å². The highest BCUT2D eigenvalue weighted by atomic mass is 16.4. The molecule has 3 aromatic rings. The van der Waals surface area contributed by atoms with Crippen molar-refractivity contribution in [1.29, 1.82) is 0 Å². The number of fused-ring (bicyclic) bond motifs is 2. The van der Waals surface area contributed by atoms with Gasteiger partial charge in [0.05, 0.1) is 11.3 Å². The second kappa shape index (κ2) is 7.95. The first-order valence-electron chi connectivity index (χ1n) is 10.6. The molecule has 0 spiro atoms. The number of benzene rings is 1. The van der Waals surface area contributed by atoms with Gasteiger partial charge in [0.25, 0.3) is 0 Å². The molecule has 2 aromatic heterocycles. The Hall–Kier alpha value is -3.12. The van der Waals surface area contributed by atoms with Crippen LogP contribution in [0.5, 0.6) is 0 Å². The summed E-state index contributed by atoms with van der Waals surface area (Å²) < 4.78 is 7.69. The van der Waals surface area contributed by atoms with E-state index in [1.54, 1.807) is 0 Å². The van der Waals surface area contributed by atoms with Crippen LogP contribution in [0, 0.1) is 5.92 Å². The smallest absolute Gasteiger partial charge is 0.345 e. The highest BCUT2D eigenvalue weighted by Gasteiger charge is 2.15. The second-order valence-corrected chi connectivity index (χ2v) is 8.11. The zero-order chi connectivity index (χ0) is 20.5. The van der Waals surface area contributed by atoms with Gasteiger partial charge in [0.15, 0.2) is 0 Å². The predicted octanol–water partition coefficient (Wildman–Crippen LogP) is 3.98. The molecule has 1 aromatic carbocycles. The third-order valence-electron chi connectivity index (χ3n) is 5.81. The molecule has 0 aliphatic carbocycles. The van der Waals surface area contributed by atoms with Crippen LogP contribution >= 0.6 is 0 Å². The highest BCUT2D eigenvalue weighted by Crippen LogP contribution is 2.26. The van der Waals surface area contributed by atoms with Crippen LogP contribution in [0.1, 0.15) is 25.6 Å². The summed E-state index contributed by atoms with van der Waals surface area (Å²) in [5, 5.41) is 4.32. The Labute approximate surface area is 175 Å². The molecule has 6 heteroatoms. The van der Waals surface area contributed by atoms with E-state index in [9.17, 15) is 4.79 Å². The molecule has 0 bridgehead atoms. The van der Waals surface area contributed by atoms with Crippen LogP contribution in [-0.2, 0) is 0 Å². The third-order valence-corrected chi connectivity index (χ3v) is 5.81. The largest absolute Gasteiger partial charge is 0.422 e. The molecule has 2 aliphatic rings. The Kier molecular flexibility index (Phi) is 5.01. The van der Waals surface area contributed by atoms with E-state index in [1.807, 2.05) is 41.2 Å². The zero-order valence-electron chi connectivity index (χ0n) is 17.2. The molecule has 154 valence electrons. The summed E-state index contributed by atoms with van der Waals surface area (Å²) in [6.45, 7) is 6.14. The summed E-state index contributed by atoms with van der Waals surface area (Å²) in [7, 11) is 0. The van der Waals surface area contributed by atoms with Gasteiger partial charge in [-0.1, -0.05) is 19.1 Å². The molecule has 6 nitrogen and oxygen atoms in total. The molecule has 1 unspecified atom stereocenters. The Morgan fingerprint density at radius 3 is 3.07 bits per heavy atom. The minimum atomic E-state index is -0.357. The van der Waals surface area contributed by atoms with Crippen LogP contribution in [0.4, 0.5) is 5.69 Å². The van der Waals surface area contributed by atoms with Crippen molar-refractivity contribution in [3.05, 3.63) is 58.9 Å². The van der Waals surface area contributed by atoms with Crippen molar-refractivity contribution >= 4 is 28.9 Å². The number of nitrogens with one attached hydrogen (secondary N) is 1. The van der Waals surface area contributed by atoms with Crippen LogP contribution in [0.15, 0.2) is 51.8 Å². The number of hydrogen-bond acceptors (Lipinski definition) is 5. The third kappa shape index (κ3) is 3.71. The fourth-order valence-corrected chi connectivity index (χ4v) is 4.07. The first-order valence-corrected chi connectivity index (χ1v) is 10.6. The first kappa shape index (κ1) is 18.9. The Balaban J connectivity index is 1.52. The molecular weight excluding hydrogens is 376 g/mol. The maximum absolute atomic E-state index is 12.8. The molecular formula is C24H26N4O2. The summed E-state index contributed by atoms with van der Waals surface area (Å²) in [4.78, 5) is 19.8. The van der Waals surface area contributed by atoms with Gasteiger partial charge >= 0.3 is 5.63 Å². The predicted molar refractivity (Wildman–Crippen MR) is 122 cm³/mol. The van der Waals surface area contributed by atoms with Gasteiger partial charge < -0.3 is 19.2 Å². The van der Waals surface area contributed by atoms with E-state index in [0.717, 1.165) is 55.9 Å². The first-order chi connectivity index (χ1) is 14.7. The number of hydrogen-bond donors (Lipinski definition) is 1. The summed E-state index contributed by atoms with van der Waals surface area (Å²) >= 11 is 0. The SMILES string of the molecule is CC1C=Cn2cc(-c3cc4ccc(N5CCCNCC5)cc4oc3=O)nc2C=CC1. The van der Waals surface area contributed by atoms with Gasteiger partial charge in [-0.2, -0.15) is 0 Å². The van der Waals surface area contributed by atoms with Gasteiger partial charge in [-0.25, -0.2) is 9.78 Å². The Morgan fingerprint density at radius 1 is 1.20 bits per heavy atom. The lowest BCUT2D eigenvalue weighted by Gasteiger charge is -2.22. The van der Waals surface area contributed by atoms with Crippen LogP contribution in [-0.4, -0.2) is 35.7 Å². The number of imidazole rings is 1. The second-order valence-electron chi connectivity index (χ2n) is 8.11. The standard InChI is InChI=1S/C24H26N4O2/c1-17-4-2-5-23-26-21(16-28(23)12-8-17)20-14-18-6-7-19(15-22(18)30-24(20)29)27-11-3-9-25-10-13-27/h2,5-8,12,14-17,25H,3-4,9-11,13H2,1H3. The van der Waals surface area contributed by atoms with Crippen LogP contribution in [0.3, 0.4) is 0 Å². The van der Waals surface area contributed by atoms with E-state index in [1.165, 1.54) is 0 Å². The summed E-state index contributed by atoms with van der Waals surface area (Å²) in [6.07, 6.45) is 12.3. The zero-order valence-corrected chi connectivity index (χ0v) is 17.2. The number of anilines is 1. The van der Waals surface area contributed by atoms with Crippen molar-refractivity contribution in [2.24, 2.45) is 5.92 Å². The lowest BCUT2D eigenvalue weighted by molar-refractivity contribution is 0.563. The average molecular weight is 402 g/mol. The molecule has 0 saturated carbocycles. The molecule has 1 saturated heterocycles. The van der Waals surface area contributed by atoms with Gasteiger partial charge in [-0.3, -0.25) is 0 Å². The molecule has 30 heavy (non-hydrogen) atoms. The van der Waals surface area contributed by atoms with Crippen molar-refractivity contribution in [1.82, 2.24) is 14.9 Å². The summed E-state index contributed by atoms with van der Waals surface area (Å²) in [6, 6.07) is 8.01. The number of nitrogens with zero attached hydrogens (tertiary/aromatic N) is 3. The molecule has 0 radical (unpaired) electrons. The monoisotopic (exact) mass is 402 g/mol. The molecule has 1 N–H and O–H groups in total. The maximum atomic E-state index is 12.8. The Bertz CT molecular complexity index is 1180.